The van der Waals surface area contributed by atoms with Crippen LogP contribution in [0.15, 0.2) is 0 Å². The van der Waals surface area contributed by atoms with Crippen molar-refractivity contribution in [3.63, 3.8) is 0 Å². The van der Waals surface area contributed by atoms with Crippen molar-refractivity contribution in [3.8, 4) is 0 Å². The zero-order valence-electron chi connectivity index (χ0n) is 11.2. The monoisotopic (exact) mass is 240 g/mol. The molecule has 2 heterocycles. The Kier molecular flexibility index (Phi) is 3.61. The number of hydrogen-bond donors (Lipinski definition) is 1. The first kappa shape index (κ1) is 12.7. The molecule has 98 valence electrons. The molecule has 2 rings (SSSR count). The summed E-state index contributed by atoms with van der Waals surface area (Å²) in [4.78, 5) is 13.6. The van der Waals surface area contributed by atoms with Gasteiger partial charge in [-0.2, -0.15) is 0 Å². The molecule has 0 bridgehead atoms. The Morgan fingerprint density at radius 3 is 2.53 bits per heavy atom. The number of carbonyl (C=O) groups is 1. The maximum atomic E-state index is 11.8. The van der Waals surface area contributed by atoms with E-state index < -0.39 is 0 Å². The molecule has 4 nitrogen and oxygen atoms in total. The molecule has 0 radical (unpaired) electrons. The number of piperidine rings is 1. The molecule has 0 spiro atoms. The Balaban J connectivity index is 1.72. The van der Waals surface area contributed by atoms with E-state index in [1.54, 1.807) is 0 Å². The summed E-state index contributed by atoms with van der Waals surface area (Å²) >= 11 is 0. The van der Waals surface area contributed by atoms with Gasteiger partial charge in [0, 0.05) is 25.0 Å². The third-order valence-corrected chi connectivity index (χ3v) is 3.48. The molecule has 1 atom stereocenters. The quantitative estimate of drug-likeness (QED) is 0.762. The molecule has 0 aromatic heterocycles. The molecule has 0 aromatic rings. The van der Waals surface area contributed by atoms with E-state index in [0.29, 0.717) is 12.0 Å². The highest BCUT2D eigenvalue weighted by Gasteiger charge is 2.38. The van der Waals surface area contributed by atoms with Gasteiger partial charge in [0.25, 0.3) is 0 Å². The Morgan fingerprint density at radius 2 is 2.00 bits per heavy atom. The van der Waals surface area contributed by atoms with E-state index in [4.69, 9.17) is 4.74 Å². The van der Waals surface area contributed by atoms with Crippen molar-refractivity contribution in [2.75, 3.05) is 19.6 Å². The van der Waals surface area contributed by atoms with Crippen LogP contribution >= 0.6 is 0 Å². The first-order chi connectivity index (χ1) is 7.96. The standard InChI is InChI=1S/C13H24N2O2/c1-13(2,3)17-12(16)15-8-10(9-15)11-6-4-5-7-14-11/h10-11,14H,4-9H2,1-3H3. The summed E-state index contributed by atoms with van der Waals surface area (Å²) in [6.07, 6.45) is 3.71. The van der Waals surface area contributed by atoms with Crippen molar-refractivity contribution in [2.45, 2.75) is 51.7 Å². The fourth-order valence-corrected chi connectivity index (χ4v) is 2.52. The lowest BCUT2D eigenvalue weighted by Crippen LogP contribution is -2.59. The van der Waals surface area contributed by atoms with Crippen molar-refractivity contribution in [1.29, 1.82) is 0 Å². The highest BCUT2D eigenvalue weighted by molar-refractivity contribution is 5.69. The lowest BCUT2D eigenvalue weighted by atomic mass is 9.87. The minimum atomic E-state index is -0.384. The van der Waals surface area contributed by atoms with Gasteiger partial charge in [-0.15, -0.1) is 0 Å². The zero-order chi connectivity index (χ0) is 12.5. The Labute approximate surface area is 104 Å². The number of hydrogen-bond acceptors (Lipinski definition) is 3. The van der Waals surface area contributed by atoms with Crippen LogP contribution in [0.4, 0.5) is 4.79 Å². The lowest BCUT2D eigenvalue weighted by molar-refractivity contribution is -0.00839. The summed E-state index contributed by atoms with van der Waals surface area (Å²) in [5, 5.41) is 3.55. The number of nitrogens with zero attached hydrogens (tertiary/aromatic N) is 1. The molecule has 2 fully saturated rings. The summed E-state index contributed by atoms with van der Waals surface area (Å²) in [5.74, 6) is 0.628. The van der Waals surface area contributed by atoms with Crippen molar-refractivity contribution in [3.05, 3.63) is 0 Å². The van der Waals surface area contributed by atoms with E-state index in [-0.39, 0.29) is 11.7 Å². The fourth-order valence-electron chi connectivity index (χ4n) is 2.52. The summed E-state index contributed by atoms with van der Waals surface area (Å²) < 4.78 is 5.34. The van der Waals surface area contributed by atoms with Crippen LogP contribution in [0.5, 0.6) is 0 Å². The number of amides is 1. The Morgan fingerprint density at radius 1 is 1.29 bits per heavy atom. The van der Waals surface area contributed by atoms with Crippen LogP contribution in [0.1, 0.15) is 40.0 Å². The van der Waals surface area contributed by atoms with Crippen LogP contribution < -0.4 is 5.32 Å². The predicted octanol–water partition coefficient (Wildman–Crippen LogP) is 2.00. The minimum Gasteiger partial charge on any atom is -0.444 e. The number of carbonyl (C=O) groups excluding carboxylic acids is 1. The summed E-state index contributed by atoms with van der Waals surface area (Å²) in [6, 6.07) is 0.613. The molecular formula is C13H24N2O2. The van der Waals surface area contributed by atoms with Gasteiger partial charge in [0.15, 0.2) is 0 Å². The second kappa shape index (κ2) is 4.84. The average molecular weight is 240 g/mol. The number of nitrogens with one attached hydrogen (secondary N) is 1. The molecular weight excluding hydrogens is 216 g/mol. The number of likely N-dealkylation sites (tertiary alicyclic amines) is 1. The van der Waals surface area contributed by atoms with Crippen LogP contribution in [0, 0.1) is 5.92 Å². The largest absolute Gasteiger partial charge is 0.444 e. The van der Waals surface area contributed by atoms with Gasteiger partial charge in [-0.1, -0.05) is 6.42 Å². The first-order valence-electron chi connectivity index (χ1n) is 6.67. The molecule has 4 heteroatoms. The fraction of sp³-hybridized carbons (Fsp3) is 0.923. The molecule has 0 aromatic carbocycles. The normalized spacial score (nSPS) is 26.5. The van der Waals surface area contributed by atoms with E-state index in [1.165, 1.54) is 19.3 Å². The molecule has 17 heavy (non-hydrogen) atoms. The van der Waals surface area contributed by atoms with Crippen molar-refractivity contribution in [1.82, 2.24) is 10.2 Å². The van der Waals surface area contributed by atoms with E-state index in [1.807, 2.05) is 25.7 Å². The van der Waals surface area contributed by atoms with Crippen molar-refractivity contribution < 1.29 is 9.53 Å². The van der Waals surface area contributed by atoms with Crippen LogP contribution in [0.25, 0.3) is 0 Å². The van der Waals surface area contributed by atoms with Crippen LogP contribution in [0.3, 0.4) is 0 Å². The SMILES string of the molecule is CC(C)(C)OC(=O)N1CC(C2CCCCN2)C1. The van der Waals surface area contributed by atoms with Crippen LogP contribution in [-0.4, -0.2) is 42.3 Å². The molecule has 0 aliphatic carbocycles. The van der Waals surface area contributed by atoms with Gasteiger partial charge in [-0.25, -0.2) is 4.79 Å². The average Bonchev–Trinajstić information content (AvgIpc) is 2.14. The maximum Gasteiger partial charge on any atom is 0.410 e. The summed E-state index contributed by atoms with van der Waals surface area (Å²) in [5.41, 5.74) is -0.384. The molecule has 2 aliphatic rings. The highest BCUT2D eigenvalue weighted by atomic mass is 16.6. The van der Waals surface area contributed by atoms with Gasteiger partial charge in [-0.05, 0) is 40.2 Å². The zero-order valence-corrected chi connectivity index (χ0v) is 11.2. The van der Waals surface area contributed by atoms with Gasteiger partial charge in [0.1, 0.15) is 5.60 Å². The van der Waals surface area contributed by atoms with Crippen molar-refractivity contribution in [2.24, 2.45) is 5.92 Å². The number of rotatable bonds is 1. The molecule has 0 saturated carbocycles. The Bertz CT molecular complexity index is 274. The van der Waals surface area contributed by atoms with Gasteiger partial charge < -0.3 is 15.0 Å². The number of ether oxygens (including phenoxy) is 1. The topological polar surface area (TPSA) is 41.6 Å². The van der Waals surface area contributed by atoms with Gasteiger partial charge >= 0.3 is 6.09 Å². The smallest absolute Gasteiger partial charge is 0.410 e. The first-order valence-corrected chi connectivity index (χ1v) is 6.67. The summed E-state index contributed by atoms with van der Waals surface area (Å²) in [7, 11) is 0. The summed E-state index contributed by atoms with van der Waals surface area (Å²) in [6.45, 7) is 8.56. The van der Waals surface area contributed by atoms with E-state index in [0.717, 1.165) is 19.6 Å². The highest BCUT2D eigenvalue weighted by Crippen LogP contribution is 2.26. The molecule has 2 aliphatic heterocycles. The van der Waals surface area contributed by atoms with E-state index >= 15 is 0 Å². The maximum absolute atomic E-state index is 11.8. The van der Waals surface area contributed by atoms with Crippen LogP contribution in [0.2, 0.25) is 0 Å². The van der Waals surface area contributed by atoms with Crippen LogP contribution in [-0.2, 0) is 4.74 Å². The lowest BCUT2D eigenvalue weighted by Gasteiger charge is -2.44. The minimum absolute atomic E-state index is 0.162. The van der Waals surface area contributed by atoms with Crippen molar-refractivity contribution >= 4 is 6.09 Å². The Hall–Kier alpha value is -0.770. The second-order valence-electron chi connectivity index (χ2n) is 6.20. The van der Waals surface area contributed by atoms with Gasteiger partial charge in [-0.3, -0.25) is 0 Å². The molecule has 1 unspecified atom stereocenters. The van der Waals surface area contributed by atoms with Gasteiger partial charge in [0.2, 0.25) is 0 Å². The third kappa shape index (κ3) is 3.35. The van der Waals surface area contributed by atoms with E-state index in [2.05, 4.69) is 5.32 Å². The molecule has 1 amide bonds. The molecule has 2 saturated heterocycles. The predicted molar refractivity (Wildman–Crippen MR) is 66.9 cm³/mol. The third-order valence-electron chi connectivity index (χ3n) is 3.48. The van der Waals surface area contributed by atoms with Gasteiger partial charge in [0.05, 0.1) is 0 Å². The molecule has 1 N–H and O–H groups in total. The second-order valence-corrected chi connectivity index (χ2v) is 6.20. The van der Waals surface area contributed by atoms with E-state index in [9.17, 15) is 4.79 Å².